The highest BCUT2D eigenvalue weighted by Gasteiger charge is 1.97. The third-order valence-electron chi connectivity index (χ3n) is 2.26. The van der Waals surface area contributed by atoms with Gasteiger partial charge in [0, 0.05) is 6.54 Å². The van der Waals surface area contributed by atoms with Gasteiger partial charge in [-0.1, -0.05) is 46.5 Å². The molecule has 0 saturated carbocycles. The summed E-state index contributed by atoms with van der Waals surface area (Å²) in [6.45, 7) is 11.4. The smallest absolute Gasteiger partial charge is 0.0251 e. The molecule has 1 heteroatoms. The van der Waals surface area contributed by atoms with E-state index < -0.39 is 0 Å². The Morgan fingerprint density at radius 3 is 2.08 bits per heavy atom. The minimum absolute atomic E-state index is 1.16. The van der Waals surface area contributed by atoms with Gasteiger partial charge >= 0.3 is 0 Å². The molecule has 0 fully saturated rings. The maximum Gasteiger partial charge on any atom is 0.0251 e. The number of unbranched alkanes of at least 4 members (excludes halogenated alkanes) is 4. The molecule has 0 heterocycles. The first kappa shape index (κ1) is 12.0. The second-order valence-corrected chi connectivity index (χ2v) is 3.25. The maximum atomic E-state index is 2.38. The van der Waals surface area contributed by atoms with Crippen molar-refractivity contribution < 1.29 is 0 Å². The highest BCUT2D eigenvalue weighted by Crippen LogP contribution is 2.06. The zero-order chi connectivity index (χ0) is 9.23. The lowest BCUT2D eigenvalue weighted by Gasteiger charge is -2.16. The van der Waals surface area contributed by atoms with Crippen LogP contribution in [0.2, 0.25) is 0 Å². The summed E-state index contributed by atoms with van der Waals surface area (Å²) in [6.07, 6.45) is 6.76. The molecule has 1 nitrogen and oxygen atoms in total. The van der Waals surface area contributed by atoms with E-state index >= 15 is 0 Å². The fourth-order valence-electron chi connectivity index (χ4n) is 1.33. The van der Waals surface area contributed by atoms with E-state index in [4.69, 9.17) is 0 Å². The highest BCUT2D eigenvalue weighted by molar-refractivity contribution is 4.65. The van der Waals surface area contributed by atoms with Crippen LogP contribution in [0.4, 0.5) is 0 Å². The van der Waals surface area contributed by atoms with Crippen molar-refractivity contribution in [1.29, 1.82) is 0 Å². The summed E-state index contributed by atoms with van der Waals surface area (Å²) >= 11 is 0. The molecule has 12 heavy (non-hydrogen) atoms. The summed E-state index contributed by atoms with van der Waals surface area (Å²) in [7, 11) is 0. The molecule has 0 aliphatic rings. The molecule has 1 radical (unpaired) electrons. The molecule has 0 aromatic carbocycles. The molecule has 0 atom stereocenters. The molecule has 0 aromatic rings. The van der Waals surface area contributed by atoms with E-state index in [2.05, 4.69) is 32.2 Å². The molecular weight excluding hydrogens is 146 g/mol. The van der Waals surface area contributed by atoms with Gasteiger partial charge in [0.2, 0.25) is 0 Å². The second-order valence-electron chi connectivity index (χ2n) is 3.25. The Kier molecular flexibility index (Phi) is 9.02. The first-order valence-corrected chi connectivity index (χ1v) is 5.42. The third-order valence-corrected chi connectivity index (χ3v) is 2.26. The molecule has 0 bridgehead atoms. The van der Waals surface area contributed by atoms with Gasteiger partial charge in [-0.3, -0.25) is 4.90 Å². The lowest BCUT2D eigenvalue weighted by molar-refractivity contribution is 0.354. The molecule has 0 saturated heterocycles. The summed E-state index contributed by atoms with van der Waals surface area (Å²) < 4.78 is 0. The zero-order valence-electron chi connectivity index (χ0n) is 8.97. The van der Waals surface area contributed by atoms with E-state index in [1.54, 1.807) is 0 Å². The van der Waals surface area contributed by atoms with Crippen molar-refractivity contribution in [2.45, 2.75) is 52.9 Å². The van der Waals surface area contributed by atoms with Crippen molar-refractivity contribution in [3.8, 4) is 0 Å². The Bertz CT molecular complexity index is 77.1. The molecule has 0 aliphatic carbocycles. The average molecular weight is 170 g/mol. The fraction of sp³-hybridized carbons (Fsp3) is 0.909. The summed E-state index contributed by atoms with van der Waals surface area (Å²) in [5, 5.41) is 0. The Labute approximate surface area is 78.1 Å². The van der Waals surface area contributed by atoms with Gasteiger partial charge in [-0.05, 0) is 19.5 Å². The molecule has 0 aliphatic heterocycles. The van der Waals surface area contributed by atoms with Crippen molar-refractivity contribution in [3.05, 3.63) is 6.54 Å². The van der Waals surface area contributed by atoms with Crippen LogP contribution in [0.1, 0.15) is 52.9 Å². The predicted molar refractivity (Wildman–Crippen MR) is 56.0 cm³/mol. The Balaban J connectivity index is 3.06. The van der Waals surface area contributed by atoms with Crippen LogP contribution in [-0.4, -0.2) is 18.0 Å². The standard InChI is InChI=1S/C11H24N/c1-4-7-8-9-10-11-12(5-2)6-3/h11H,4-10H2,1-3H3. The summed E-state index contributed by atoms with van der Waals surface area (Å²) in [6, 6.07) is 0. The molecule has 0 rings (SSSR count). The van der Waals surface area contributed by atoms with Crippen molar-refractivity contribution in [2.75, 3.05) is 13.1 Å². The molecule has 73 valence electrons. The lowest BCUT2D eigenvalue weighted by atomic mass is 10.1. The number of hydrogen-bond acceptors (Lipinski definition) is 1. The van der Waals surface area contributed by atoms with Gasteiger partial charge in [-0.25, -0.2) is 0 Å². The van der Waals surface area contributed by atoms with Crippen molar-refractivity contribution in [2.24, 2.45) is 0 Å². The van der Waals surface area contributed by atoms with Gasteiger partial charge in [-0.2, -0.15) is 0 Å². The van der Waals surface area contributed by atoms with Crippen LogP contribution < -0.4 is 0 Å². The maximum absolute atomic E-state index is 2.38. The van der Waals surface area contributed by atoms with Crippen molar-refractivity contribution in [3.63, 3.8) is 0 Å². The molecule has 0 aromatic heterocycles. The van der Waals surface area contributed by atoms with Gasteiger partial charge in [0.05, 0.1) is 0 Å². The van der Waals surface area contributed by atoms with E-state index in [0.717, 1.165) is 13.1 Å². The van der Waals surface area contributed by atoms with Crippen LogP contribution in [0.15, 0.2) is 0 Å². The Morgan fingerprint density at radius 2 is 1.58 bits per heavy atom. The molecule has 0 amide bonds. The van der Waals surface area contributed by atoms with Gasteiger partial charge < -0.3 is 0 Å². The van der Waals surface area contributed by atoms with Crippen LogP contribution in [0.5, 0.6) is 0 Å². The first-order valence-electron chi connectivity index (χ1n) is 5.42. The Hall–Kier alpha value is -0.0400. The second kappa shape index (κ2) is 9.05. The fourth-order valence-corrected chi connectivity index (χ4v) is 1.33. The molecular formula is C11H24N. The van der Waals surface area contributed by atoms with E-state index in [-0.39, 0.29) is 0 Å². The van der Waals surface area contributed by atoms with Gasteiger partial charge in [0.15, 0.2) is 0 Å². The SMILES string of the molecule is CCCCCC[CH]N(CC)CC. The van der Waals surface area contributed by atoms with Crippen LogP contribution >= 0.6 is 0 Å². The molecule has 0 unspecified atom stereocenters. The van der Waals surface area contributed by atoms with E-state index in [1.807, 2.05) is 0 Å². The van der Waals surface area contributed by atoms with Gasteiger partial charge in [0.25, 0.3) is 0 Å². The van der Waals surface area contributed by atoms with E-state index in [1.165, 1.54) is 32.1 Å². The predicted octanol–water partition coefficient (Wildman–Crippen LogP) is 3.46. The summed E-state index contributed by atoms with van der Waals surface area (Å²) in [5.41, 5.74) is 0. The van der Waals surface area contributed by atoms with Crippen LogP contribution in [0, 0.1) is 6.54 Å². The topological polar surface area (TPSA) is 3.24 Å². The van der Waals surface area contributed by atoms with Gasteiger partial charge in [0.1, 0.15) is 0 Å². The van der Waals surface area contributed by atoms with E-state index in [0.29, 0.717) is 0 Å². The van der Waals surface area contributed by atoms with Crippen LogP contribution in [-0.2, 0) is 0 Å². The highest BCUT2D eigenvalue weighted by atomic mass is 15.1. The number of nitrogens with zero attached hydrogens (tertiary/aromatic N) is 1. The van der Waals surface area contributed by atoms with Crippen LogP contribution in [0.25, 0.3) is 0 Å². The minimum atomic E-state index is 1.16. The molecule has 0 N–H and O–H groups in total. The van der Waals surface area contributed by atoms with Crippen LogP contribution in [0.3, 0.4) is 0 Å². The van der Waals surface area contributed by atoms with Crippen molar-refractivity contribution in [1.82, 2.24) is 4.90 Å². The number of hydrogen-bond donors (Lipinski definition) is 0. The third kappa shape index (κ3) is 6.66. The van der Waals surface area contributed by atoms with Crippen molar-refractivity contribution >= 4 is 0 Å². The lowest BCUT2D eigenvalue weighted by Crippen LogP contribution is -2.19. The average Bonchev–Trinajstić information content (AvgIpc) is 2.11. The zero-order valence-corrected chi connectivity index (χ0v) is 8.97. The first-order chi connectivity index (χ1) is 5.85. The summed E-state index contributed by atoms with van der Waals surface area (Å²) in [4.78, 5) is 2.38. The monoisotopic (exact) mass is 170 g/mol. The van der Waals surface area contributed by atoms with Gasteiger partial charge in [-0.15, -0.1) is 0 Å². The normalized spacial score (nSPS) is 11.0. The summed E-state index contributed by atoms with van der Waals surface area (Å²) in [5.74, 6) is 0. The Morgan fingerprint density at radius 1 is 0.917 bits per heavy atom. The quantitative estimate of drug-likeness (QED) is 0.504. The van der Waals surface area contributed by atoms with E-state index in [9.17, 15) is 0 Å². The number of rotatable bonds is 8. The minimum Gasteiger partial charge on any atom is -0.299 e. The molecule has 0 spiro atoms. The largest absolute Gasteiger partial charge is 0.299 e.